The number of aromatic nitrogens is 2. The lowest BCUT2D eigenvalue weighted by Crippen LogP contribution is -2.23. The van der Waals surface area contributed by atoms with Gasteiger partial charge in [0.15, 0.2) is 6.04 Å². The van der Waals surface area contributed by atoms with Gasteiger partial charge in [-0.1, -0.05) is 91.0 Å². The molecule has 0 amide bonds. The Labute approximate surface area is 190 Å². The van der Waals surface area contributed by atoms with Crippen molar-refractivity contribution >= 4 is 22.9 Å². The van der Waals surface area contributed by atoms with Gasteiger partial charge in [-0.25, -0.2) is 14.8 Å². The van der Waals surface area contributed by atoms with E-state index < -0.39 is 12.0 Å². The maximum Gasteiger partial charge on any atom is 0.333 e. The summed E-state index contributed by atoms with van der Waals surface area (Å²) in [5, 5.41) is 3.98. The van der Waals surface area contributed by atoms with E-state index in [0.717, 1.165) is 22.3 Å². The van der Waals surface area contributed by atoms with E-state index in [-0.39, 0.29) is 0 Å². The van der Waals surface area contributed by atoms with Gasteiger partial charge in [0.05, 0.1) is 12.5 Å². The Morgan fingerprint density at radius 2 is 1.45 bits per heavy atom. The highest BCUT2D eigenvalue weighted by Gasteiger charge is 2.26. The van der Waals surface area contributed by atoms with E-state index in [4.69, 9.17) is 9.15 Å². The third-order valence-corrected chi connectivity index (χ3v) is 5.44. The van der Waals surface area contributed by atoms with Crippen LogP contribution in [0.15, 0.2) is 102 Å². The number of nitrogens with zero attached hydrogens (tertiary/aromatic N) is 2. The molecule has 6 heteroatoms. The van der Waals surface area contributed by atoms with Crippen LogP contribution in [0.25, 0.3) is 33.6 Å². The van der Waals surface area contributed by atoms with Crippen molar-refractivity contribution in [3.63, 3.8) is 0 Å². The lowest BCUT2D eigenvalue weighted by molar-refractivity contribution is -0.141. The van der Waals surface area contributed by atoms with Gasteiger partial charge in [-0.3, -0.25) is 0 Å². The number of ether oxygens (including phenoxy) is 1. The zero-order chi connectivity index (χ0) is 22.6. The van der Waals surface area contributed by atoms with Crippen LogP contribution in [-0.2, 0) is 9.53 Å². The van der Waals surface area contributed by atoms with Crippen molar-refractivity contribution in [3.05, 3.63) is 103 Å². The third-order valence-electron chi connectivity index (χ3n) is 5.44. The predicted octanol–water partition coefficient (Wildman–Crippen LogP) is 5.88. The van der Waals surface area contributed by atoms with Crippen molar-refractivity contribution in [1.82, 2.24) is 9.97 Å². The highest BCUT2D eigenvalue weighted by atomic mass is 16.5. The molecule has 6 nitrogen and oxygen atoms in total. The van der Waals surface area contributed by atoms with E-state index in [1.807, 2.05) is 91.0 Å². The molecule has 5 rings (SSSR count). The fourth-order valence-corrected chi connectivity index (χ4v) is 3.89. The smallest absolute Gasteiger partial charge is 0.333 e. The molecule has 0 spiro atoms. The summed E-state index contributed by atoms with van der Waals surface area (Å²) in [5.41, 5.74) is 3.94. The first-order chi connectivity index (χ1) is 16.3. The predicted molar refractivity (Wildman–Crippen MR) is 127 cm³/mol. The molecule has 0 aliphatic heterocycles. The molecule has 0 aliphatic carbocycles. The van der Waals surface area contributed by atoms with Gasteiger partial charge in [0.1, 0.15) is 17.9 Å². The van der Waals surface area contributed by atoms with Crippen LogP contribution in [0.5, 0.6) is 0 Å². The Kier molecular flexibility index (Phi) is 5.55. The molecule has 1 N–H and O–H groups in total. The third kappa shape index (κ3) is 3.94. The van der Waals surface area contributed by atoms with Gasteiger partial charge >= 0.3 is 5.97 Å². The van der Waals surface area contributed by atoms with Crippen molar-refractivity contribution in [2.75, 3.05) is 12.4 Å². The largest absolute Gasteiger partial charge is 0.467 e. The highest BCUT2D eigenvalue weighted by Crippen LogP contribution is 2.43. The molecule has 162 valence electrons. The second-order valence-electron chi connectivity index (χ2n) is 7.45. The molecule has 0 bridgehead atoms. The Morgan fingerprint density at radius 1 is 0.848 bits per heavy atom. The first-order valence-corrected chi connectivity index (χ1v) is 10.5. The van der Waals surface area contributed by atoms with Crippen LogP contribution < -0.4 is 5.32 Å². The highest BCUT2D eigenvalue weighted by molar-refractivity contribution is 6.06. The minimum absolute atomic E-state index is 0.416. The first-order valence-electron chi connectivity index (χ1n) is 10.5. The van der Waals surface area contributed by atoms with Gasteiger partial charge in [0, 0.05) is 11.1 Å². The number of nitrogens with one attached hydrogen (secondary N) is 1. The number of methoxy groups -OCH3 is 1. The number of carbonyl (C=O) groups excluding carboxylic acids is 1. The molecule has 0 unspecified atom stereocenters. The van der Waals surface area contributed by atoms with Crippen molar-refractivity contribution in [3.8, 4) is 22.5 Å². The molecule has 5 aromatic rings. The summed E-state index contributed by atoms with van der Waals surface area (Å²) in [4.78, 5) is 21.6. The van der Waals surface area contributed by atoms with Crippen LogP contribution in [0.3, 0.4) is 0 Å². The standard InChI is InChI=1S/C27H21N3O3/c1-32-27(31)23(19-13-7-3-8-14-19)30-25-22-21(18-11-5-2-6-12-18)24(20-15-9-4-10-16-20)33-26(22)29-17-28-25/h2-17,23H,1H3,(H,28,29,30)/t23-/m0/s1. The van der Waals surface area contributed by atoms with Gasteiger partial charge in [-0.15, -0.1) is 0 Å². The summed E-state index contributed by atoms with van der Waals surface area (Å²) < 4.78 is 11.3. The Bertz CT molecular complexity index is 1380. The van der Waals surface area contributed by atoms with Crippen LogP contribution in [0.1, 0.15) is 11.6 Å². The lowest BCUT2D eigenvalue weighted by atomic mass is 9.99. The van der Waals surface area contributed by atoms with Crippen LogP contribution in [0.4, 0.5) is 5.82 Å². The maximum atomic E-state index is 12.7. The number of hydrogen-bond donors (Lipinski definition) is 1. The minimum atomic E-state index is -0.743. The molecular weight excluding hydrogens is 414 g/mol. The number of hydrogen-bond acceptors (Lipinski definition) is 6. The van der Waals surface area contributed by atoms with Crippen LogP contribution in [-0.4, -0.2) is 23.0 Å². The minimum Gasteiger partial charge on any atom is -0.467 e. The van der Waals surface area contributed by atoms with E-state index in [1.54, 1.807) is 0 Å². The van der Waals surface area contributed by atoms with Crippen molar-refractivity contribution < 1.29 is 13.9 Å². The number of fused-ring (bicyclic) bond motifs is 1. The molecule has 33 heavy (non-hydrogen) atoms. The first kappa shape index (κ1) is 20.5. The molecule has 2 heterocycles. The second kappa shape index (κ2) is 8.96. The monoisotopic (exact) mass is 435 g/mol. The number of benzene rings is 3. The number of furan rings is 1. The van der Waals surface area contributed by atoms with Crippen LogP contribution in [0, 0.1) is 0 Å². The Morgan fingerprint density at radius 3 is 2.09 bits per heavy atom. The van der Waals surface area contributed by atoms with E-state index in [0.29, 0.717) is 22.7 Å². The van der Waals surface area contributed by atoms with E-state index in [2.05, 4.69) is 15.3 Å². The maximum absolute atomic E-state index is 12.7. The van der Waals surface area contributed by atoms with E-state index >= 15 is 0 Å². The summed E-state index contributed by atoms with van der Waals surface area (Å²) in [6.45, 7) is 0. The molecule has 0 aliphatic rings. The number of carbonyl (C=O) groups is 1. The SMILES string of the molecule is COC(=O)[C@@H](Nc1ncnc2oc(-c3ccccc3)c(-c3ccccc3)c12)c1ccccc1. The molecule has 0 saturated carbocycles. The molecule has 2 aromatic heterocycles. The van der Waals surface area contributed by atoms with Crippen molar-refractivity contribution in [2.24, 2.45) is 0 Å². The van der Waals surface area contributed by atoms with Gasteiger partial charge in [0.25, 0.3) is 0 Å². The summed E-state index contributed by atoms with van der Waals surface area (Å²) in [7, 11) is 1.37. The van der Waals surface area contributed by atoms with Gasteiger partial charge in [0.2, 0.25) is 5.71 Å². The summed E-state index contributed by atoms with van der Waals surface area (Å²) in [6.07, 6.45) is 1.43. The van der Waals surface area contributed by atoms with E-state index in [9.17, 15) is 4.79 Å². The number of anilines is 1. The average molecular weight is 435 g/mol. The molecule has 1 atom stereocenters. The van der Waals surface area contributed by atoms with Gasteiger partial charge < -0.3 is 14.5 Å². The molecule has 0 radical (unpaired) electrons. The average Bonchev–Trinajstić information content (AvgIpc) is 3.29. The Balaban J connectivity index is 1.72. The number of rotatable bonds is 6. The molecule has 0 saturated heterocycles. The lowest BCUT2D eigenvalue weighted by Gasteiger charge is -2.18. The normalized spacial score (nSPS) is 11.8. The number of esters is 1. The summed E-state index contributed by atoms with van der Waals surface area (Å²) in [6, 6.07) is 28.5. The topological polar surface area (TPSA) is 77.2 Å². The molecular formula is C27H21N3O3. The fourth-order valence-electron chi connectivity index (χ4n) is 3.89. The molecule has 3 aromatic carbocycles. The van der Waals surface area contributed by atoms with Crippen LogP contribution >= 0.6 is 0 Å². The van der Waals surface area contributed by atoms with Crippen molar-refractivity contribution in [1.29, 1.82) is 0 Å². The van der Waals surface area contributed by atoms with Gasteiger partial charge in [-0.2, -0.15) is 0 Å². The van der Waals surface area contributed by atoms with E-state index in [1.165, 1.54) is 13.4 Å². The van der Waals surface area contributed by atoms with Crippen molar-refractivity contribution in [2.45, 2.75) is 6.04 Å². The fraction of sp³-hybridized carbons (Fsp3) is 0.0741. The molecule has 0 fully saturated rings. The second-order valence-corrected chi connectivity index (χ2v) is 7.45. The summed E-state index contributed by atoms with van der Waals surface area (Å²) in [5.74, 6) is 0.764. The summed E-state index contributed by atoms with van der Waals surface area (Å²) >= 11 is 0. The van der Waals surface area contributed by atoms with Gasteiger partial charge in [-0.05, 0) is 11.1 Å². The quantitative estimate of drug-likeness (QED) is 0.336. The van der Waals surface area contributed by atoms with Crippen LogP contribution in [0.2, 0.25) is 0 Å². The zero-order valence-electron chi connectivity index (χ0n) is 17.9. The Hall–Kier alpha value is -4.45. The zero-order valence-corrected chi connectivity index (χ0v) is 17.9.